The Morgan fingerprint density at radius 2 is 1.70 bits per heavy atom. The van der Waals surface area contributed by atoms with Crippen LogP contribution in [0.25, 0.3) is 0 Å². The summed E-state index contributed by atoms with van der Waals surface area (Å²) in [6.07, 6.45) is 0.228. The maximum atomic E-state index is 12.4. The van der Waals surface area contributed by atoms with Gasteiger partial charge in [0, 0.05) is 5.69 Å². The molecule has 0 bridgehead atoms. The number of anilines is 1. The average Bonchev–Trinajstić information content (AvgIpc) is 2.74. The molecule has 1 aromatic heterocycles. The fourth-order valence-electron chi connectivity index (χ4n) is 2.84. The Labute approximate surface area is 171 Å². The van der Waals surface area contributed by atoms with E-state index in [2.05, 4.69) is 20.8 Å². The maximum absolute atomic E-state index is 12.4. The van der Waals surface area contributed by atoms with Crippen LogP contribution in [-0.4, -0.2) is 26.4 Å². The van der Waals surface area contributed by atoms with Gasteiger partial charge in [-0.25, -0.2) is 15.0 Å². The van der Waals surface area contributed by atoms with Crippen molar-refractivity contribution in [1.82, 2.24) is 15.0 Å². The summed E-state index contributed by atoms with van der Waals surface area (Å²) in [7, 11) is 0. The number of carbonyl (C=O) groups is 1. The highest BCUT2D eigenvalue weighted by molar-refractivity contribution is 6.02. The molecule has 0 spiro atoms. The van der Waals surface area contributed by atoms with Crippen molar-refractivity contribution in [2.75, 3.05) is 5.32 Å². The Morgan fingerprint density at radius 3 is 2.33 bits per heavy atom. The highest BCUT2D eigenvalue weighted by atomic mass is 16.3. The number of carbonyl (C=O) groups excluding carboxylic acids is 1. The zero-order valence-electron chi connectivity index (χ0n) is 16.3. The van der Waals surface area contributed by atoms with Crippen LogP contribution in [0.5, 0.6) is 5.88 Å². The summed E-state index contributed by atoms with van der Waals surface area (Å²) in [5.74, 6) is -0.515. The van der Waals surface area contributed by atoms with Gasteiger partial charge in [-0.05, 0) is 24.1 Å². The molecular formula is C21H21N5O4. The van der Waals surface area contributed by atoms with Crippen LogP contribution in [0.1, 0.15) is 24.5 Å². The Morgan fingerprint density at radius 1 is 1.07 bits per heavy atom. The maximum Gasteiger partial charge on any atom is 0.339 e. The molecule has 0 saturated carbocycles. The molecule has 0 saturated heterocycles. The number of aromatic hydroxyl groups is 1. The van der Waals surface area contributed by atoms with Gasteiger partial charge in [0.25, 0.3) is 5.56 Å². The van der Waals surface area contributed by atoms with E-state index in [1.54, 1.807) is 55.5 Å². The van der Waals surface area contributed by atoms with E-state index in [1.807, 2.05) is 12.1 Å². The van der Waals surface area contributed by atoms with Crippen molar-refractivity contribution < 1.29 is 9.90 Å². The number of nitrogens with zero attached hydrogens (tertiary/aromatic N) is 2. The van der Waals surface area contributed by atoms with Gasteiger partial charge in [-0.1, -0.05) is 55.5 Å². The van der Waals surface area contributed by atoms with Crippen molar-refractivity contribution >= 4 is 17.4 Å². The molecule has 154 valence electrons. The van der Waals surface area contributed by atoms with Crippen LogP contribution in [-0.2, 0) is 6.54 Å². The number of nitrogens with one attached hydrogen (secondary N) is 3. The summed E-state index contributed by atoms with van der Waals surface area (Å²) < 4.78 is 1.04. The Kier molecular flexibility index (Phi) is 6.43. The van der Waals surface area contributed by atoms with Gasteiger partial charge in [-0.15, -0.1) is 0 Å². The van der Waals surface area contributed by atoms with E-state index in [4.69, 9.17) is 0 Å². The van der Waals surface area contributed by atoms with Crippen LogP contribution in [0.3, 0.4) is 0 Å². The van der Waals surface area contributed by atoms with Crippen LogP contribution in [0.4, 0.5) is 10.5 Å². The summed E-state index contributed by atoms with van der Waals surface area (Å²) in [5, 5.41) is 17.2. The Hall–Kier alpha value is -4.14. The Balaban J connectivity index is 1.89. The molecule has 0 atom stereocenters. The molecule has 0 fully saturated rings. The summed E-state index contributed by atoms with van der Waals surface area (Å²) in [6.45, 7) is 1.77. The molecule has 3 rings (SSSR count). The molecule has 0 aliphatic heterocycles. The van der Waals surface area contributed by atoms with E-state index in [-0.39, 0.29) is 24.2 Å². The van der Waals surface area contributed by atoms with Crippen LogP contribution in [0, 0.1) is 0 Å². The predicted octanol–water partition coefficient (Wildman–Crippen LogP) is 2.23. The predicted molar refractivity (Wildman–Crippen MR) is 114 cm³/mol. The number of para-hydroxylation sites is 1. The number of aromatic nitrogens is 2. The van der Waals surface area contributed by atoms with Crippen molar-refractivity contribution in [2.45, 2.75) is 19.9 Å². The zero-order valence-corrected chi connectivity index (χ0v) is 16.3. The lowest BCUT2D eigenvalue weighted by molar-refractivity contribution is 0.252. The minimum Gasteiger partial charge on any atom is -0.494 e. The largest absolute Gasteiger partial charge is 0.494 e. The van der Waals surface area contributed by atoms with Gasteiger partial charge in [-0.2, -0.15) is 5.10 Å². The smallest absolute Gasteiger partial charge is 0.339 e. The van der Waals surface area contributed by atoms with Crippen molar-refractivity contribution in [3.8, 4) is 5.88 Å². The number of rotatable bonds is 6. The summed E-state index contributed by atoms with van der Waals surface area (Å²) in [4.78, 5) is 38.8. The quantitative estimate of drug-likeness (QED) is 0.369. The van der Waals surface area contributed by atoms with Crippen LogP contribution in [0.15, 0.2) is 75.4 Å². The van der Waals surface area contributed by atoms with E-state index < -0.39 is 23.2 Å². The molecule has 30 heavy (non-hydrogen) atoms. The molecule has 0 radical (unpaired) electrons. The molecule has 0 unspecified atom stereocenters. The van der Waals surface area contributed by atoms with Crippen LogP contribution >= 0.6 is 0 Å². The van der Waals surface area contributed by atoms with Crippen LogP contribution < -0.4 is 22.0 Å². The third-order valence-corrected chi connectivity index (χ3v) is 4.30. The molecule has 1 heterocycles. The van der Waals surface area contributed by atoms with Crippen molar-refractivity contribution in [3.05, 3.63) is 92.6 Å². The molecule has 9 heteroatoms. The molecule has 2 amide bonds. The number of amides is 2. The lowest BCUT2D eigenvalue weighted by Crippen LogP contribution is -2.35. The van der Waals surface area contributed by atoms with Gasteiger partial charge in [0.1, 0.15) is 5.56 Å². The van der Waals surface area contributed by atoms with Gasteiger partial charge in [0.05, 0.1) is 12.3 Å². The van der Waals surface area contributed by atoms with Gasteiger partial charge in [0.15, 0.2) is 0 Å². The van der Waals surface area contributed by atoms with E-state index in [0.29, 0.717) is 5.69 Å². The highest BCUT2D eigenvalue weighted by Crippen LogP contribution is 2.15. The molecule has 3 aromatic rings. The fourth-order valence-corrected chi connectivity index (χ4v) is 2.84. The first kappa shape index (κ1) is 20.6. The van der Waals surface area contributed by atoms with Gasteiger partial charge in [-0.3, -0.25) is 14.3 Å². The number of hydrazone groups is 1. The fraction of sp³-hybridized carbons (Fsp3) is 0.143. The first-order chi connectivity index (χ1) is 14.5. The standard InChI is InChI=1S/C21H21N5O4/c1-2-16(24-25-20(29)22-15-11-7-4-8-12-15)17-18(27)23-21(30)26(19(17)28)13-14-9-5-3-6-10-14/h3-12,28H,2,13H2,1H3,(H2,22,25,29)(H,23,27,30)/b24-16+. The number of H-pyrrole nitrogens is 1. The molecular weight excluding hydrogens is 386 g/mol. The molecule has 0 aliphatic rings. The lowest BCUT2D eigenvalue weighted by atomic mass is 10.1. The number of benzene rings is 2. The summed E-state index contributed by atoms with van der Waals surface area (Å²) >= 11 is 0. The highest BCUT2D eigenvalue weighted by Gasteiger charge is 2.19. The minimum absolute atomic E-state index is 0.0637. The van der Waals surface area contributed by atoms with Crippen molar-refractivity contribution in [3.63, 3.8) is 0 Å². The molecule has 9 nitrogen and oxygen atoms in total. The number of urea groups is 1. The summed E-state index contributed by atoms with van der Waals surface area (Å²) in [6, 6.07) is 17.2. The zero-order chi connectivity index (χ0) is 21.5. The van der Waals surface area contributed by atoms with Gasteiger partial charge in [0.2, 0.25) is 5.88 Å². The number of hydrogen-bond acceptors (Lipinski definition) is 5. The van der Waals surface area contributed by atoms with Crippen molar-refractivity contribution in [2.24, 2.45) is 5.10 Å². The van der Waals surface area contributed by atoms with Gasteiger partial charge >= 0.3 is 11.7 Å². The van der Waals surface area contributed by atoms with Gasteiger partial charge < -0.3 is 10.4 Å². The lowest BCUT2D eigenvalue weighted by Gasteiger charge is -2.12. The summed E-state index contributed by atoms with van der Waals surface area (Å²) in [5.41, 5.74) is 2.07. The normalized spacial score (nSPS) is 11.2. The monoisotopic (exact) mass is 407 g/mol. The van der Waals surface area contributed by atoms with E-state index >= 15 is 0 Å². The minimum atomic E-state index is -0.785. The van der Waals surface area contributed by atoms with E-state index in [0.717, 1.165) is 10.1 Å². The van der Waals surface area contributed by atoms with Crippen LogP contribution in [0.2, 0.25) is 0 Å². The second kappa shape index (κ2) is 9.37. The van der Waals surface area contributed by atoms with E-state index in [9.17, 15) is 19.5 Å². The molecule has 0 aliphatic carbocycles. The Bertz CT molecular complexity index is 1170. The molecule has 4 N–H and O–H groups in total. The van der Waals surface area contributed by atoms with E-state index in [1.165, 1.54) is 0 Å². The first-order valence-electron chi connectivity index (χ1n) is 9.28. The third-order valence-electron chi connectivity index (χ3n) is 4.30. The third kappa shape index (κ3) is 4.82. The average molecular weight is 407 g/mol. The number of hydrogen-bond donors (Lipinski definition) is 4. The topological polar surface area (TPSA) is 129 Å². The first-order valence-corrected chi connectivity index (χ1v) is 9.28. The molecule has 2 aromatic carbocycles. The van der Waals surface area contributed by atoms with Crippen molar-refractivity contribution in [1.29, 1.82) is 0 Å². The SMILES string of the molecule is CC/C(=N\NC(=O)Nc1ccccc1)c1c(O)n(Cc2ccccc2)c(=O)[nH]c1=O. The second-order valence-electron chi connectivity index (χ2n) is 6.37. The number of aromatic amines is 1. The second-order valence-corrected chi connectivity index (χ2v) is 6.37.